The highest BCUT2D eigenvalue weighted by Crippen LogP contribution is 2.29. The molecule has 0 atom stereocenters. The average Bonchev–Trinajstić information content (AvgIpc) is 3.19. The van der Waals surface area contributed by atoms with Crippen LogP contribution in [0.25, 0.3) is 0 Å². The second-order valence-corrected chi connectivity index (χ2v) is 9.65. The van der Waals surface area contributed by atoms with Gasteiger partial charge in [-0.15, -0.1) is 0 Å². The fourth-order valence-corrected chi connectivity index (χ4v) is 4.82. The molecule has 0 saturated heterocycles. The van der Waals surface area contributed by atoms with Crippen LogP contribution in [0.15, 0.2) is 48.5 Å². The molecule has 0 saturated carbocycles. The first-order chi connectivity index (χ1) is 16.3. The molecule has 0 spiro atoms. The smallest absolute Gasteiger partial charge is 0.325 e. The van der Waals surface area contributed by atoms with Crippen molar-refractivity contribution in [1.29, 1.82) is 0 Å². The average molecular weight is 498 g/mol. The zero-order valence-corrected chi connectivity index (χ0v) is 20.3. The molecule has 3 N–H and O–H groups in total. The number of hydrogen-bond acceptors (Lipinski definition) is 5. The van der Waals surface area contributed by atoms with Crippen molar-refractivity contribution in [2.24, 2.45) is 0 Å². The van der Waals surface area contributed by atoms with Gasteiger partial charge in [-0.05, 0) is 44.2 Å². The first-order valence-electron chi connectivity index (χ1n) is 10.8. The Morgan fingerprint density at radius 2 is 1.88 bits per heavy atom. The SMILES string of the molecule is CC(C)NC(=O)c1ccccc1NC(=O)Nc1nc2c(s1)CN(C(=O)c1cccc(Cl)c1)CC2. The zero-order valence-electron chi connectivity index (χ0n) is 18.7. The van der Waals surface area contributed by atoms with Gasteiger partial charge in [-0.3, -0.25) is 14.9 Å². The molecule has 0 bridgehead atoms. The van der Waals surface area contributed by atoms with Gasteiger partial charge in [-0.1, -0.05) is 41.1 Å². The molecule has 176 valence electrons. The molecule has 0 aliphatic carbocycles. The number of rotatable bonds is 5. The molecule has 34 heavy (non-hydrogen) atoms. The lowest BCUT2D eigenvalue weighted by Gasteiger charge is -2.26. The lowest BCUT2D eigenvalue weighted by atomic mass is 10.1. The standard InChI is InChI=1S/C24H24ClN5O3S/c1-14(2)26-21(31)17-8-3-4-9-18(17)27-23(33)29-24-28-19-10-11-30(13-20(19)34-24)22(32)15-6-5-7-16(25)12-15/h3-9,12,14H,10-11,13H2,1-2H3,(H,26,31)(H2,27,28,29,33). The van der Waals surface area contributed by atoms with Crippen molar-refractivity contribution in [2.45, 2.75) is 32.9 Å². The summed E-state index contributed by atoms with van der Waals surface area (Å²) in [5, 5.41) is 9.24. The van der Waals surface area contributed by atoms with E-state index in [1.54, 1.807) is 53.4 Å². The van der Waals surface area contributed by atoms with Gasteiger partial charge in [-0.25, -0.2) is 9.78 Å². The summed E-state index contributed by atoms with van der Waals surface area (Å²) in [7, 11) is 0. The highest BCUT2D eigenvalue weighted by molar-refractivity contribution is 7.15. The van der Waals surface area contributed by atoms with E-state index in [0.717, 1.165) is 10.6 Å². The van der Waals surface area contributed by atoms with E-state index in [-0.39, 0.29) is 17.9 Å². The lowest BCUT2D eigenvalue weighted by molar-refractivity contribution is 0.0736. The number of fused-ring (bicyclic) bond motifs is 1. The maximum Gasteiger partial charge on any atom is 0.325 e. The number of hydrogen-bond donors (Lipinski definition) is 3. The Labute approximate surface area is 206 Å². The summed E-state index contributed by atoms with van der Waals surface area (Å²) in [5.41, 5.74) is 2.18. The van der Waals surface area contributed by atoms with Crippen molar-refractivity contribution in [1.82, 2.24) is 15.2 Å². The zero-order chi connectivity index (χ0) is 24.2. The number of benzene rings is 2. The van der Waals surface area contributed by atoms with Crippen LogP contribution in [0.2, 0.25) is 5.02 Å². The second-order valence-electron chi connectivity index (χ2n) is 8.13. The number of amides is 4. The number of carbonyl (C=O) groups is 3. The molecule has 0 radical (unpaired) electrons. The summed E-state index contributed by atoms with van der Waals surface area (Å²) in [4.78, 5) is 45.1. The Balaban J connectivity index is 1.41. The Hall–Kier alpha value is -3.43. The van der Waals surface area contributed by atoms with Gasteiger partial charge >= 0.3 is 6.03 Å². The molecule has 4 rings (SSSR count). The molecule has 8 nitrogen and oxygen atoms in total. The number of thiazole rings is 1. The van der Waals surface area contributed by atoms with E-state index in [1.165, 1.54) is 11.3 Å². The van der Waals surface area contributed by atoms with Crippen molar-refractivity contribution >= 4 is 51.6 Å². The van der Waals surface area contributed by atoms with Gasteiger partial charge in [0, 0.05) is 34.5 Å². The summed E-state index contributed by atoms with van der Waals surface area (Å²) >= 11 is 7.35. The van der Waals surface area contributed by atoms with Crippen molar-refractivity contribution in [3.63, 3.8) is 0 Å². The van der Waals surface area contributed by atoms with E-state index in [4.69, 9.17) is 11.6 Å². The number of urea groups is 1. The third kappa shape index (κ3) is 5.55. The molecule has 3 aromatic rings. The van der Waals surface area contributed by atoms with E-state index in [2.05, 4.69) is 20.9 Å². The monoisotopic (exact) mass is 497 g/mol. The minimum absolute atomic E-state index is 0.0265. The Morgan fingerprint density at radius 1 is 1.09 bits per heavy atom. The molecule has 2 aromatic carbocycles. The van der Waals surface area contributed by atoms with Gasteiger partial charge in [0.15, 0.2) is 5.13 Å². The first kappa shape index (κ1) is 23.7. The number of nitrogens with zero attached hydrogens (tertiary/aromatic N) is 2. The highest BCUT2D eigenvalue weighted by Gasteiger charge is 2.25. The van der Waals surface area contributed by atoms with Crippen LogP contribution >= 0.6 is 22.9 Å². The molecular weight excluding hydrogens is 474 g/mol. The fourth-order valence-electron chi connectivity index (χ4n) is 3.61. The summed E-state index contributed by atoms with van der Waals surface area (Å²) < 4.78 is 0. The van der Waals surface area contributed by atoms with Crippen molar-refractivity contribution in [2.75, 3.05) is 17.2 Å². The van der Waals surface area contributed by atoms with E-state index in [9.17, 15) is 14.4 Å². The maximum absolute atomic E-state index is 12.8. The maximum atomic E-state index is 12.8. The third-order valence-corrected chi connectivity index (χ3v) is 6.38. The van der Waals surface area contributed by atoms with Gasteiger partial charge in [0.05, 0.1) is 23.5 Å². The Morgan fingerprint density at radius 3 is 2.65 bits per heavy atom. The molecular formula is C24H24ClN5O3S. The molecule has 0 fully saturated rings. The molecule has 0 unspecified atom stereocenters. The highest BCUT2D eigenvalue weighted by atomic mass is 35.5. The van der Waals surface area contributed by atoms with E-state index in [0.29, 0.717) is 46.5 Å². The first-order valence-corrected chi connectivity index (χ1v) is 12.0. The van der Waals surface area contributed by atoms with Crippen LogP contribution in [0.5, 0.6) is 0 Å². The summed E-state index contributed by atoms with van der Waals surface area (Å²) in [6, 6.07) is 13.2. The molecule has 1 aliphatic rings. The third-order valence-electron chi connectivity index (χ3n) is 5.15. The molecule has 10 heteroatoms. The second kappa shape index (κ2) is 10.2. The van der Waals surface area contributed by atoms with Crippen molar-refractivity contribution < 1.29 is 14.4 Å². The molecule has 1 aliphatic heterocycles. The number of aromatic nitrogens is 1. The lowest BCUT2D eigenvalue weighted by Crippen LogP contribution is -2.35. The number of halogens is 1. The van der Waals surface area contributed by atoms with Crippen LogP contribution in [0.4, 0.5) is 15.6 Å². The van der Waals surface area contributed by atoms with Crippen LogP contribution < -0.4 is 16.0 Å². The minimum Gasteiger partial charge on any atom is -0.350 e. The number of carbonyl (C=O) groups excluding carboxylic acids is 3. The number of para-hydroxylation sites is 1. The summed E-state index contributed by atoms with van der Waals surface area (Å²) in [6.07, 6.45) is 0.597. The fraction of sp³-hybridized carbons (Fsp3) is 0.250. The normalized spacial score (nSPS) is 12.8. The van der Waals surface area contributed by atoms with Crippen LogP contribution in [0.3, 0.4) is 0 Å². The van der Waals surface area contributed by atoms with Gasteiger partial charge in [0.1, 0.15) is 0 Å². The Kier molecular flexibility index (Phi) is 7.14. The predicted molar refractivity (Wildman–Crippen MR) is 134 cm³/mol. The van der Waals surface area contributed by atoms with Crippen molar-refractivity contribution in [3.05, 3.63) is 75.3 Å². The molecule has 1 aromatic heterocycles. The topological polar surface area (TPSA) is 103 Å². The molecule has 2 heterocycles. The number of anilines is 2. The minimum atomic E-state index is -0.497. The van der Waals surface area contributed by atoms with Crippen LogP contribution in [0.1, 0.15) is 45.1 Å². The predicted octanol–water partition coefficient (Wildman–Crippen LogP) is 4.78. The van der Waals surface area contributed by atoms with E-state index >= 15 is 0 Å². The van der Waals surface area contributed by atoms with Crippen LogP contribution in [0, 0.1) is 0 Å². The van der Waals surface area contributed by atoms with Gasteiger partial charge < -0.3 is 15.5 Å². The van der Waals surface area contributed by atoms with Crippen molar-refractivity contribution in [3.8, 4) is 0 Å². The largest absolute Gasteiger partial charge is 0.350 e. The van der Waals surface area contributed by atoms with E-state index < -0.39 is 6.03 Å². The van der Waals surface area contributed by atoms with Crippen LogP contribution in [-0.2, 0) is 13.0 Å². The Bertz CT molecular complexity index is 1240. The van der Waals surface area contributed by atoms with Gasteiger partial charge in [-0.2, -0.15) is 0 Å². The van der Waals surface area contributed by atoms with Gasteiger partial charge in [0.2, 0.25) is 0 Å². The molecule has 4 amide bonds. The van der Waals surface area contributed by atoms with Gasteiger partial charge in [0.25, 0.3) is 11.8 Å². The number of nitrogens with one attached hydrogen (secondary N) is 3. The quantitative estimate of drug-likeness (QED) is 0.472. The summed E-state index contributed by atoms with van der Waals surface area (Å²) in [5.74, 6) is -0.356. The van der Waals surface area contributed by atoms with E-state index in [1.807, 2.05) is 13.8 Å². The van der Waals surface area contributed by atoms with Crippen LogP contribution in [-0.4, -0.2) is 40.3 Å². The summed E-state index contributed by atoms with van der Waals surface area (Å²) in [6.45, 7) is 4.69.